The van der Waals surface area contributed by atoms with Crippen molar-refractivity contribution >= 4 is 16.8 Å². The molecular weight excluding hydrogens is 328 g/mol. The van der Waals surface area contributed by atoms with Crippen LogP contribution in [-0.2, 0) is 19.6 Å². The summed E-state index contributed by atoms with van der Waals surface area (Å²) in [6.45, 7) is 5.19. The topological polar surface area (TPSA) is 71.2 Å². The second kappa shape index (κ2) is 6.53. The summed E-state index contributed by atoms with van der Waals surface area (Å²) in [4.78, 5) is 19.2. The van der Waals surface area contributed by atoms with Crippen LogP contribution in [0.4, 0.5) is 0 Å². The van der Waals surface area contributed by atoms with Gasteiger partial charge in [-0.15, -0.1) is 0 Å². The Morgan fingerprint density at radius 3 is 2.92 bits per heavy atom. The maximum atomic E-state index is 13.0. The van der Waals surface area contributed by atoms with Gasteiger partial charge in [-0.1, -0.05) is 6.07 Å². The predicted octanol–water partition coefficient (Wildman–Crippen LogP) is 2.70. The fourth-order valence-corrected chi connectivity index (χ4v) is 3.63. The fourth-order valence-electron chi connectivity index (χ4n) is 3.63. The molecule has 1 amide bonds. The quantitative estimate of drug-likeness (QED) is 0.788. The van der Waals surface area contributed by atoms with Gasteiger partial charge in [0.2, 0.25) is 0 Å². The van der Waals surface area contributed by atoms with Gasteiger partial charge in [0.15, 0.2) is 0 Å². The molecule has 134 valence electrons. The number of pyridine rings is 1. The van der Waals surface area contributed by atoms with Crippen molar-refractivity contribution < 1.29 is 9.90 Å². The zero-order valence-electron chi connectivity index (χ0n) is 15.0. The molecule has 0 bridgehead atoms. The van der Waals surface area contributed by atoms with Crippen molar-refractivity contribution in [3.05, 3.63) is 59.0 Å². The van der Waals surface area contributed by atoms with Crippen LogP contribution in [0.5, 0.6) is 0 Å². The standard InChI is InChI=1S/C20H22N4O2/c1-13(2)24-19-7-9-23(11-16(19)18(12-25)22-24)20(26)15-5-6-17-14(10-15)4-3-8-21-17/h3-6,8,10,13,25H,7,9,11-12H2,1-2H3. The molecule has 1 aromatic carbocycles. The summed E-state index contributed by atoms with van der Waals surface area (Å²) in [5.74, 6) is 0.00240. The third kappa shape index (κ3) is 2.76. The van der Waals surface area contributed by atoms with Crippen LogP contribution in [0.2, 0.25) is 0 Å². The molecule has 0 radical (unpaired) electrons. The number of hydrogen-bond donors (Lipinski definition) is 1. The van der Waals surface area contributed by atoms with E-state index >= 15 is 0 Å². The summed E-state index contributed by atoms with van der Waals surface area (Å²) in [5, 5.41) is 15.2. The van der Waals surface area contributed by atoms with E-state index in [-0.39, 0.29) is 18.6 Å². The van der Waals surface area contributed by atoms with Crippen LogP contribution >= 0.6 is 0 Å². The van der Waals surface area contributed by atoms with E-state index in [9.17, 15) is 9.90 Å². The first-order valence-corrected chi connectivity index (χ1v) is 8.92. The number of amides is 1. The van der Waals surface area contributed by atoms with Crippen molar-refractivity contribution in [3.8, 4) is 0 Å². The number of carbonyl (C=O) groups is 1. The SMILES string of the molecule is CC(C)n1nc(CO)c2c1CCN(C(=O)c1ccc3ncccc3c1)C2. The Kier molecular flexibility index (Phi) is 4.20. The lowest BCUT2D eigenvalue weighted by Crippen LogP contribution is -2.36. The van der Waals surface area contributed by atoms with E-state index in [0.717, 1.165) is 28.6 Å². The van der Waals surface area contributed by atoms with E-state index in [1.54, 1.807) is 6.20 Å². The van der Waals surface area contributed by atoms with Crippen molar-refractivity contribution in [2.75, 3.05) is 6.54 Å². The third-order valence-corrected chi connectivity index (χ3v) is 4.95. The summed E-state index contributed by atoms with van der Waals surface area (Å²) in [6, 6.07) is 9.68. The molecule has 4 rings (SSSR count). The number of aliphatic hydroxyl groups is 1. The lowest BCUT2D eigenvalue weighted by Gasteiger charge is -2.28. The molecule has 6 heteroatoms. The number of rotatable bonds is 3. The van der Waals surface area contributed by atoms with Gasteiger partial charge in [-0.25, -0.2) is 0 Å². The molecule has 0 fully saturated rings. The molecular formula is C20H22N4O2. The van der Waals surface area contributed by atoms with E-state index in [2.05, 4.69) is 23.9 Å². The van der Waals surface area contributed by atoms with E-state index in [4.69, 9.17) is 0 Å². The predicted molar refractivity (Wildman–Crippen MR) is 98.7 cm³/mol. The normalized spacial score (nSPS) is 14.1. The molecule has 26 heavy (non-hydrogen) atoms. The molecule has 0 unspecified atom stereocenters. The first-order valence-electron chi connectivity index (χ1n) is 8.92. The maximum absolute atomic E-state index is 13.0. The van der Waals surface area contributed by atoms with Crippen LogP contribution in [0.3, 0.4) is 0 Å². The molecule has 6 nitrogen and oxygen atoms in total. The molecule has 1 aliphatic rings. The van der Waals surface area contributed by atoms with E-state index in [0.29, 0.717) is 24.3 Å². The zero-order valence-corrected chi connectivity index (χ0v) is 15.0. The average molecular weight is 350 g/mol. The first kappa shape index (κ1) is 16.7. The monoisotopic (exact) mass is 350 g/mol. The number of benzene rings is 1. The number of nitrogens with zero attached hydrogens (tertiary/aromatic N) is 4. The minimum absolute atomic E-state index is 0.00240. The Balaban J connectivity index is 1.64. The minimum Gasteiger partial charge on any atom is -0.390 e. The van der Waals surface area contributed by atoms with Crippen molar-refractivity contribution in [1.29, 1.82) is 0 Å². The van der Waals surface area contributed by atoms with Crippen molar-refractivity contribution in [2.45, 2.75) is 39.5 Å². The van der Waals surface area contributed by atoms with Crippen LogP contribution in [0.25, 0.3) is 10.9 Å². The van der Waals surface area contributed by atoms with Crippen LogP contribution in [0.1, 0.15) is 47.2 Å². The molecule has 1 N–H and O–H groups in total. The van der Waals surface area contributed by atoms with Gasteiger partial charge in [0.1, 0.15) is 0 Å². The number of hydrogen-bond acceptors (Lipinski definition) is 4. The van der Waals surface area contributed by atoms with Crippen molar-refractivity contribution in [3.63, 3.8) is 0 Å². The van der Waals surface area contributed by atoms with Crippen LogP contribution in [0.15, 0.2) is 36.5 Å². The van der Waals surface area contributed by atoms with Crippen LogP contribution in [0, 0.1) is 0 Å². The smallest absolute Gasteiger partial charge is 0.254 e. The van der Waals surface area contributed by atoms with Crippen molar-refractivity contribution in [1.82, 2.24) is 19.7 Å². The highest BCUT2D eigenvalue weighted by molar-refractivity contribution is 5.98. The highest BCUT2D eigenvalue weighted by atomic mass is 16.3. The van der Waals surface area contributed by atoms with Gasteiger partial charge in [-0.2, -0.15) is 5.10 Å². The maximum Gasteiger partial charge on any atom is 0.254 e. The molecule has 0 saturated carbocycles. The summed E-state index contributed by atoms with van der Waals surface area (Å²) < 4.78 is 1.98. The fraction of sp³-hybridized carbons (Fsp3) is 0.350. The number of aliphatic hydroxyl groups excluding tert-OH is 1. The van der Waals surface area contributed by atoms with Gasteiger partial charge in [0, 0.05) is 54.0 Å². The second-order valence-electron chi connectivity index (χ2n) is 6.96. The molecule has 0 saturated heterocycles. The molecule has 3 heterocycles. The number of aromatic nitrogens is 3. The minimum atomic E-state index is -0.105. The van der Waals surface area contributed by atoms with Gasteiger partial charge in [0.05, 0.1) is 17.8 Å². The zero-order chi connectivity index (χ0) is 18.3. The van der Waals surface area contributed by atoms with Gasteiger partial charge >= 0.3 is 0 Å². The third-order valence-electron chi connectivity index (χ3n) is 4.95. The lowest BCUT2D eigenvalue weighted by molar-refractivity contribution is 0.0732. The Morgan fingerprint density at radius 2 is 2.15 bits per heavy atom. The van der Waals surface area contributed by atoms with Gasteiger partial charge in [0.25, 0.3) is 5.91 Å². The number of fused-ring (bicyclic) bond motifs is 2. The summed E-state index contributed by atoms with van der Waals surface area (Å²) in [7, 11) is 0. The number of carbonyl (C=O) groups excluding carboxylic acids is 1. The molecule has 1 aliphatic heterocycles. The van der Waals surface area contributed by atoms with Crippen LogP contribution in [-0.4, -0.2) is 37.2 Å². The van der Waals surface area contributed by atoms with E-state index < -0.39 is 0 Å². The van der Waals surface area contributed by atoms with Gasteiger partial charge in [-0.05, 0) is 38.1 Å². The molecule has 2 aromatic heterocycles. The molecule has 0 aliphatic carbocycles. The lowest BCUT2D eigenvalue weighted by atomic mass is 10.0. The second-order valence-corrected chi connectivity index (χ2v) is 6.96. The van der Waals surface area contributed by atoms with E-state index in [1.165, 1.54) is 0 Å². The average Bonchev–Trinajstić information content (AvgIpc) is 3.05. The summed E-state index contributed by atoms with van der Waals surface area (Å²) in [5.41, 5.74) is 4.34. The Hall–Kier alpha value is -2.73. The summed E-state index contributed by atoms with van der Waals surface area (Å²) >= 11 is 0. The highest BCUT2D eigenvalue weighted by Crippen LogP contribution is 2.26. The molecule has 0 spiro atoms. The Bertz CT molecular complexity index is 977. The largest absolute Gasteiger partial charge is 0.390 e. The first-order chi connectivity index (χ1) is 12.6. The Labute approximate surface area is 152 Å². The van der Waals surface area contributed by atoms with Crippen LogP contribution < -0.4 is 0 Å². The molecule has 0 atom stereocenters. The van der Waals surface area contributed by atoms with Crippen molar-refractivity contribution in [2.24, 2.45) is 0 Å². The highest BCUT2D eigenvalue weighted by Gasteiger charge is 2.28. The Morgan fingerprint density at radius 1 is 1.31 bits per heavy atom. The van der Waals surface area contributed by atoms with Gasteiger partial charge in [-0.3, -0.25) is 14.5 Å². The summed E-state index contributed by atoms with van der Waals surface area (Å²) in [6.07, 6.45) is 2.50. The van der Waals surface area contributed by atoms with E-state index in [1.807, 2.05) is 39.9 Å². The van der Waals surface area contributed by atoms with Gasteiger partial charge < -0.3 is 10.0 Å². The molecule has 3 aromatic rings.